The van der Waals surface area contributed by atoms with Crippen molar-refractivity contribution in [1.29, 1.82) is 0 Å². The van der Waals surface area contributed by atoms with E-state index in [2.05, 4.69) is 6.92 Å². The summed E-state index contributed by atoms with van der Waals surface area (Å²) in [6.45, 7) is 4.39. The van der Waals surface area contributed by atoms with Crippen LogP contribution >= 0.6 is 0 Å². The van der Waals surface area contributed by atoms with Crippen molar-refractivity contribution in [1.82, 2.24) is 0 Å². The van der Waals surface area contributed by atoms with E-state index in [1.165, 1.54) is 5.56 Å². The molecule has 1 aromatic rings. The first-order chi connectivity index (χ1) is 8.95. The molecule has 2 unspecified atom stereocenters. The molecule has 2 N–H and O–H groups in total. The maximum Gasteiger partial charge on any atom is 0.220 e. The van der Waals surface area contributed by atoms with Gasteiger partial charge in [-0.2, -0.15) is 0 Å². The zero-order valence-electron chi connectivity index (χ0n) is 11.2. The summed E-state index contributed by atoms with van der Waals surface area (Å²) in [5.41, 5.74) is 4.61. The zero-order chi connectivity index (χ0) is 13.8. The lowest BCUT2D eigenvalue weighted by molar-refractivity contribution is -0.0859. The predicted molar refractivity (Wildman–Crippen MR) is 68.9 cm³/mol. The van der Waals surface area contributed by atoms with Crippen LogP contribution in [0.3, 0.4) is 0 Å². The summed E-state index contributed by atoms with van der Waals surface area (Å²) < 4.78 is 5.07. The zero-order valence-corrected chi connectivity index (χ0v) is 11.2. The van der Waals surface area contributed by atoms with Crippen molar-refractivity contribution in [3.8, 4) is 0 Å². The van der Waals surface area contributed by atoms with Gasteiger partial charge in [0.15, 0.2) is 0 Å². The highest BCUT2D eigenvalue weighted by molar-refractivity contribution is 6.02. The first-order valence-electron chi connectivity index (χ1n) is 6.54. The molecule has 19 heavy (non-hydrogen) atoms. The number of ketones is 1. The van der Waals surface area contributed by atoms with Crippen molar-refractivity contribution in [2.24, 2.45) is 5.41 Å². The smallest absolute Gasteiger partial charge is 0.220 e. The minimum absolute atomic E-state index is 0.138. The van der Waals surface area contributed by atoms with Crippen LogP contribution in [0.5, 0.6) is 0 Å². The second-order valence-corrected chi connectivity index (χ2v) is 6.02. The molecule has 0 saturated carbocycles. The number of hydrogen-bond acceptors (Lipinski definition) is 4. The van der Waals surface area contributed by atoms with Gasteiger partial charge in [0.2, 0.25) is 12.1 Å². The molecule has 1 aliphatic carbocycles. The van der Waals surface area contributed by atoms with E-state index in [1.54, 1.807) is 0 Å². The molecule has 4 nitrogen and oxygen atoms in total. The Labute approximate surface area is 112 Å². The standard InChI is InChI=1S/C15H18O4/c1-8-11-5-15(2,7-16)4-9(11)3-10-6-19-14(18)13(17)12(8)10/h3,14,16,18H,4-7H2,1-2H3. The predicted octanol–water partition coefficient (Wildman–Crippen LogP) is 1.12. The highest BCUT2D eigenvalue weighted by Gasteiger charge is 2.37. The number of Topliss-reactive ketones (excluding diaryl/α,β-unsaturated/α-hetero) is 1. The molecule has 0 spiro atoms. The van der Waals surface area contributed by atoms with Gasteiger partial charge in [-0.25, -0.2) is 0 Å². The molecule has 102 valence electrons. The average Bonchev–Trinajstić information content (AvgIpc) is 2.72. The fourth-order valence-corrected chi connectivity index (χ4v) is 3.29. The first kappa shape index (κ1) is 12.8. The maximum absolute atomic E-state index is 12.0. The second kappa shape index (κ2) is 4.13. The van der Waals surface area contributed by atoms with E-state index >= 15 is 0 Å². The minimum Gasteiger partial charge on any atom is -0.396 e. The largest absolute Gasteiger partial charge is 0.396 e. The Morgan fingerprint density at radius 3 is 2.84 bits per heavy atom. The van der Waals surface area contributed by atoms with Gasteiger partial charge >= 0.3 is 0 Å². The van der Waals surface area contributed by atoms with Crippen LogP contribution in [0.4, 0.5) is 0 Å². The lowest BCUT2D eigenvalue weighted by Crippen LogP contribution is -2.30. The molecule has 1 aromatic carbocycles. The average molecular weight is 262 g/mol. The van der Waals surface area contributed by atoms with Crippen molar-refractivity contribution in [3.05, 3.63) is 33.9 Å². The van der Waals surface area contributed by atoms with Crippen LogP contribution in [0.25, 0.3) is 0 Å². The van der Waals surface area contributed by atoms with E-state index in [0.29, 0.717) is 5.56 Å². The van der Waals surface area contributed by atoms with E-state index < -0.39 is 6.29 Å². The summed E-state index contributed by atoms with van der Waals surface area (Å²) in [6.07, 6.45) is 0.265. The van der Waals surface area contributed by atoms with Crippen molar-refractivity contribution in [2.75, 3.05) is 6.61 Å². The van der Waals surface area contributed by atoms with Crippen LogP contribution in [-0.4, -0.2) is 28.9 Å². The fraction of sp³-hybridized carbons (Fsp3) is 0.533. The highest BCUT2D eigenvalue weighted by Crippen LogP contribution is 2.41. The van der Waals surface area contributed by atoms with Gasteiger partial charge in [-0.15, -0.1) is 0 Å². The summed E-state index contributed by atoms with van der Waals surface area (Å²) in [7, 11) is 0. The second-order valence-electron chi connectivity index (χ2n) is 6.02. The Kier molecular flexibility index (Phi) is 2.78. The molecule has 0 fully saturated rings. The number of rotatable bonds is 1. The lowest BCUT2D eigenvalue weighted by Gasteiger charge is -2.23. The minimum atomic E-state index is -1.34. The Morgan fingerprint density at radius 2 is 2.16 bits per heavy atom. The number of hydrogen-bond donors (Lipinski definition) is 2. The van der Waals surface area contributed by atoms with E-state index in [1.807, 2.05) is 13.0 Å². The third-order valence-electron chi connectivity index (χ3n) is 4.35. The molecule has 2 atom stereocenters. The van der Waals surface area contributed by atoms with E-state index in [9.17, 15) is 15.0 Å². The van der Waals surface area contributed by atoms with E-state index in [-0.39, 0.29) is 24.4 Å². The summed E-state index contributed by atoms with van der Waals surface area (Å²) in [6, 6.07) is 2.00. The van der Waals surface area contributed by atoms with Gasteiger partial charge in [-0.05, 0) is 47.4 Å². The molecule has 4 heteroatoms. The third-order valence-corrected chi connectivity index (χ3v) is 4.35. The molecular weight excluding hydrogens is 244 g/mol. The Hall–Kier alpha value is -1.23. The molecule has 1 aliphatic heterocycles. The van der Waals surface area contributed by atoms with Gasteiger partial charge < -0.3 is 14.9 Å². The normalized spacial score (nSPS) is 29.3. The van der Waals surface area contributed by atoms with Crippen molar-refractivity contribution >= 4 is 5.78 Å². The van der Waals surface area contributed by atoms with Crippen LogP contribution in [0.2, 0.25) is 0 Å². The van der Waals surface area contributed by atoms with E-state index in [0.717, 1.165) is 29.5 Å². The topological polar surface area (TPSA) is 66.8 Å². The van der Waals surface area contributed by atoms with Crippen molar-refractivity contribution in [2.45, 2.75) is 39.6 Å². The van der Waals surface area contributed by atoms with Crippen LogP contribution < -0.4 is 0 Å². The number of fused-ring (bicyclic) bond motifs is 2. The molecule has 0 amide bonds. The number of ether oxygens (including phenoxy) is 1. The highest BCUT2D eigenvalue weighted by atomic mass is 16.6. The van der Waals surface area contributed by atoms with Gasteiger partial charge in [0.25, 0.3) is 0 Å². The third kappa shape index (κ3) is 1.83. The number of carbonyl (C=O) groups excluding carboxylic acids is 1. The quantitative estimate of drug-likeness (QED) is 0.796. The number of carbonyl (C=O) groups is 1. The summed E-state index contributed by atoms with van der Waals surface area (Å²) >= 11 is 0. The Morgan fingerprint density at radius 1 is 1.42 bits per heavy atom. The SMILES string of the molecule is Cc1c2c(cc3c1C(=O)C(O)OC3)CC(C)(CO)C2. The van der Waals surface area contributed by atoms with Crippen molar-refractivity contribution in [3.63, 3.8) is 0 Å². The van der Waals surface area contributed by atoms with Gasteiger partial charge in [0, 0.05) is 12.2 Å². The first-order valence-corrected chi connectivity index (χ1v) is 6.54. The summed E-state index contributed by atoms with van der Waals surface area (Å²) in [5, 5.41) is 19.1. The molecule has 1 heterocycles. The Balaban J connectivity index is 2.13. The summed E-state index contributed by atoms with van der Waals surface area (Å²) in [5.74, 6) is -0.348. The number of aliphatic hydroxyl groups excluding tert-OH is 2. The van der Waals surface area contributed by atoms with Gasteiger partial charge in [0.05, 0.1) is 6.61 Å². The molecule has 0 radical (unpaired) electrons. The Bertz CT molecular complexity index is 564. The van der Waals surface area contributed by atoms with Gasteiger partial charge in [-0.3, -0.25) is 4.79 Å². The molecule has 0 saturated heterocycles. The molecule has 0 bridgehead atoms. The molecule has 0 aromatic heterocycles. The van der Waals surface area contributed by atoms with Gasteiger partial charge in [-0.1, -0.05) is 13.0 Å². The van der Waals surface area contributed by atoms with Crippen LogP contribution in [0, 0.1) is 12.3 Å². The van der Waals surface area contributed by atoms with Crippen LogP contribution in [-0.2, 0) is 24.2 Å². The van der Waals surface area contributed by atoms with E-state index in [4.69, 9.17) is 4.74 Å². The maximum atomic E-state index is 12.0. The molecule has 2 aliphatic rings. The summed E-state index contributed by atoms with van der Waals surface area (Å²) in [4.78, 5) is 12.0. The van der Waals surface area contributed by atoms with Crippen LogP contribution in [0.1, 0.15) is 39.5 Å². The monoisotopic (exact) mass is 262 g/mol. The number of benzene rings is 1. The van der Waals surface area contributed by atoms with Crippen LogP contribution in [0.15, 0.2) is 6.07 Å². The van der Waals surface area contributed by atoms with Gasteiger partial charge in [0.1, 0.15) is 0 Å². The van der Waals surface area contributed by atoms with Crippen molar-refractivity contribution < 1.29 is 19.7 Å². The molecule has 3 rings (SSSR count). The molecular formula is C15H18O4. The number of aliphatic hydroxyl groups is 2. The fourth-order valence-electron chi connectivity index (χ4n) is 3.29. The lowest BCUT2D eigenvalue weighted by atomic mass is 9.88.